The first-order valence-corrected chi connectivity index (χ1v) is 10.8. The summed E-state index contributed by atoms with van der Waals surface area (Å²) in [6, 6.07) is 12.9. The Hall–Kier alpha value is -3.98. The lowest BCUT2D eigenvalue weighted by Gasteiger charge is -2.24. The monoisotopic (exact) mass is 464 g/mol. The number of benzene rings is 2. The molecule has 3 heterocycles. The first-order chi connectivity index (χ1) is 15.9. The molecular weight excluding hydrogens is 447 g/mol. The molecule has 0 saturated carbocycles. The molecule has 1 N–H and O–H groups in total. The number of rotatable bonds is 5. The number of ether oxygens (including phenoxy) is 1. The molecule has 1 unspecified atom stereocenters. The van der Waals surface area contributed by atoms with Crippen molar-refractivity contribution in [2.45, 2.75) is 13.0 Å². The normalized spacial score (nSPS) is 16.2. The average Bonchev–Trinajstić information content (AvgIpc) is 3.49. The molecule has 0 saturated heterocycles. The van der Waals surface area contributed by atoms with E-state index in [1.165, 1.54) is 42.7 Å². The lowest BCUT2D eigenvalue weighted by molar-refractivity contribution is -0.117. The molecule has 1 atom stereocenters. The molecule has 1 aliphatic rings. The molecule has 0 spiro atoms. The van der Waals surface area contributed by atoms with Gasteiger partial charge in [-0.1, -0.05) is 29.5 Å². The van der Waals surface area contributed by atoms with Crippen molar-refractivity contribution in [3.8, 4) is 5.75 Å². The Bertz CT molecular complexity index is 1450. The number of hydrogen-bond acceptors (Lipinski definition) is 7. The third kappa shape index (κ3) is 3.37. The van der Waals surface area contributed by atoms with E-state index in [0.717, 1.165) is 9.60 Å². The van der Waals surface area contributed by atoms with Crippen molar-refractivity contribution in [3.05, 3.63) is 88.8 Å². The Morgan fingerprint density at radius 3 is 2.70 bits per heavy atom. The van der Waals surface area contributed by atoms with Crippen LogP contribution in [0.4, 0.5) is 9.52 Å². The highest BCUT2D eigenvalue weighted by Gasteiger charge is 2.47. The molecule has 9 heteroatoms. The van der Waals surface area contributed by atoms with Gasteiger partial charge in [0, 0.05) is 5.56 Å². The molecule has 5 rings (SSSR count). The van der Waals surface area contributed by atoms with E-state index in [1.807, 2.05) is 0 Å². The van der Waals surface area contributed by atoms with Gasteiger partial charge in [-0.15, -0.1) is 0 Å². The molecule has 0 aliphatic carbocycles. The molecule has 0 fully saturated rings. The standard InChI is InChI=1S/C24H17FN2O5S/c1-12-7-10-17(32-12)21(28)19-20(14-5-3-4-6-15(14)25)27(23(30)22(19)29)24-26-16-9-8-13(31-2)11-18(16)33-24/h3-11,20,29H,1-2H3. The number of aromatic nitrogens is 1. The van der Waals surface area contributed by atoms with Crippen LogP contribution in [0.3, 0.4) is 0 Å². The number of thiazole rings is 1. The minimum Gasteiger partial charge on any atom is -0.503 e. The number of ketones is 1. The second-order valence-electron chi connectivity index (χ2n) is 7.43. The Balaban J connectivity index is 1.69. The van der Waals surface area contributed by atoms with Gasteiger partial charge in [-0.25, -0.2) is 9.37 Å². The summed E-state index contributed by atoms with van der Waals surface area (Å²) < 4.78 is 26.3. The maximum atomic E-state index is 14.9. The van der Waals surface area contributed by atoms with Crippen LogP contribution in [0.5, 0.6) is 5.75 Å². The maximum absolute atomic E-state index is 14.9. The van der Waals surface area contributed by atoms with Crippen LogP contribution < -0.4 is 9.64 Å². The van der Waals surface area contributed by atoms with E-state index in [0.29, 0.717) is 17.0 Å². The number of amides is 1. The quantitative estimate of drug-likeness (QED) is 0.412. The van der Waals surface area contributed by atoms with Crippen molar-refractivity contribution in [1.29, 1.82) is 0 Å². The molecule has 1 amide bonds. The van der Waals surface area contributed by atoms with E-state index in [2.05, 4.69) is 4.98 Å². The highest BCUT2D eigenvalue weighted by Crippen LogP contribution is 2.45. The average molecular weight is 464 g/mol. The van der Waals surface area contributed by atoms with Gasteiger partial charge in [-0.05, 0) is 43.3 Å². The predicted octanol–water partition coefficient (Wildman–Crippen LogP) is 5.13. The van der Waals surface area contributed by atoms with E-state index < -0.39 is 29.3 Å². The summed E-state index contributed by atoms with van der Waals surface area (Å²) in [6.45, 7) is 1.67. The molecule has 0 bridgehead atoms. The van der Waals surface area contributed by atoms with Gasteiger partial charge in [0.1, 0.15) is 23.4 Å². The number of aryl methyl sites for hydroxylation is 1. The Labute approximate surface area is 191 Å². The number of fused-ring (bicyclic) bond motifs is 1. The molecule has 4 aromatic rings. The zero-order valence-corrected chi connectivity index (χ0v) is 18.4. The number of furan rings is 1. The number of hydrogen-bond donors (Lipinski definition) is 1. The highest BCUT2D eigenvalue weighted by molar-refractivity contribution is 7.22. The molecule has 1 aliphatic heterocycles. The van der Waals surface area contributed by atoms with E-state index in [4.69, 9.17) is 9.15 Å². The van der Waals surface area contributed by atoms with Crippen molar-refractivity contribution in [2.75, 3.05) is 12.0 Å². The number of methoxy groups -OCH3 is 1. The minimum atomic E-state index is -1.22. The van der Waals surface area contributed by atoms with Crippen LogP contribution in [-0.4, -0.2) is 28.9 Å². The van der Waals surface area contributed by atoms with Crippen molar-refractivity contribution in [1.82, 2.24) is 4.98 Å². The number of halogens is 1. The van der Waals surface area contributed by atoms with Crippen LogP contribution in [0.1, 0.15) is 27.9 Å². The van der Waals surface area contributed by atoms with Gasteiger partial charge in [-0.3, -0.25) is 14.5 Å². The number of aliphatic hydroxyl groups excluding tert-OH is 1. The smallest absolute Gasteiger partial charge is 0.296 e. The van der Waals surface area contributed by atoms with Gasteiger partial charge >= 0.3 is 0 Å². The Morgan fingerprint density at radius 1 is 1.21 bits per heavy atom. The van der Waals surface area contributed by atoms with Crippen molar-refractivity contribution >= 4 is 38.4 Å². The van der Waals surface area contributed by atoms with E-state index in [-0.39, 0.29) is 22.0 Å². The maximum Gasteiger partial charge on any atom is 0.296 e. The molecule has 0 radical (unpaired) electrons. The number of anilines is 1. The zero-order valence-electron chi connectivity index (χ0n) is 17.5. The summed E-state index contributed by atoms with van der Waals surface area (Å²) in [6.07, 6.45) is 0. The molecular formula is C24H17FN2O5S. The van der Waals surface area contributed by atoms with Crippen LogP contribution >= 0.6 is 11.3 Å². The van der Waals surface area contributed by atoms with Gasteiger partial charge < -0.3 is 14.3 Å². The van der Waals surface area contributed by atoms with Crippen molar-refractivity contribution in [2.24, 2.45) is 0 Å². The summed E-state index contributed by atoms with van der Waals surface area (Å²) in [4.78, 5) is 32.2. The predicted molar refractivity (Wildman–Crippen MR) is 120 cm³/mol. The Morgan fingerprint density at radius 2 is 2.00 bits per heavy atom. The fraction of sp³-hybridized carbons (Fsp3) is 0.125. The van der Waals surface area contributed by atoms with Gasteiger partial charge in [0.15, 0.2) is 16.7 Å². The van der Waals surface area contributed by atoms with Gasteiger partial charge in [0.25, 0.3) is 5.91 Å². The summed E-state index contributed by atoms with van der Waals surface area (Å²) in [5.41, 5.74) is 0.381. The first kappa shape index (κ1) is 20.9. The second-order valence-corrected chi connectivity index (χ2v) is 8.44. The number of carbonyl (C=O) groups excluding carboxylic acids is 2. The third-order valence-corrected chi connectivity index (χ3v) is 6.42. The van der Waals surface area contributed by atoms with Crippen molar-refractivity contribution < 1.29 is 28.2 Å². The number of nitrogens with zero attached hydrogens (tertiary/aromatic N) is 2. The largest absolute Gasteiger partial charge is 0.503 e. The van der Waals surface area contributed by atoms with Gasteiger partial charge in [0.05, 0.1) is 22.9 Å². The van der Waals surface area contributed by atoms with E-state index >= 15 is 0 Å². The molecule has 166 valence electrons. The van der Waals surface area contributed by atoms with Crippen LogP contribution in [0.25, 0.3) is 10.2 Å². The summed E-state index contributed by atoms with van der Waals surface area (Å²) >= 11 is 1.17. The van der Waals surface area contributed by atoms with E-state index in [1.54, 1.807) is 37.3 Å². The summed E-state index contributed by atoms with van der Waals surface area (Å²) in [5.74, 6) is -1.89. The van der Waals surface area contributed by atoms with Crippen LogP contribution in [-0.2, 0) is 4.79 Å². The van der Waals surface area contributed by atoms with E-state index in [9.17, 15) is 19.1 Å². The molecule has 7 nitrogen and oxygen atoms in total. The Kier molecular flexibility index (Phi) is 4.98. The topological polar surface area (TPSA) is 92.9 Å². The SMILES string of the molecule is COc1ccc2nc(N3C(=O)C(O)=C(C(=O)c4ccc(C)o4)C3c3ccccc3F)sc2c1. The summed E-state index contributed by atoms with van der Waals surface area (Å²) in [5, 5.41) is 11.0. The number of carbonyl (C=O) groups is 2. The van der Waals surface area contributed by atoms with Crippen LogP contribution in [0.2, 0.25) is 0 Å². The van der Waals surface area contributed by atoms with Gasteiger partial charge in [0.2, 0.25) is 5.78 Å². The highest BCUT2D eigenvalue weighted by atomic mass is 32.1. The fourth-order valence-corrected chi connectivity index (χ4v) is 4.86. The minimum absolute atomic E-state index is 0.0540. The van der Waals surface area contributed by atoms with Gasteiger partial charge in [-0.2, -0.15) is 0 Å². The summed E-state index contributed by atoms with van der Waals surface area (Å²) in [7, 11) is 1.54. The number of Topliss-reactive ketones (excluding diaryl/α,β-unsaturated/α-hetero) is 1. The van der Waals surface area contributed by atoms with Crippen molar-refractivity contribution in [3.63, 3.8) is 0 Å². The van der Waals surface area contributed by atoms with Crippen LogP contribution in [0.15, 0.2) is 70.3 Å². The van der Waals surface area contributed by atoms with Crippen LogP contribution in [0, 0.1) is 12.7 Å². The second kappa shape index (κ2) is 7.86. The lowest BCUT2D eigenvalue weighted by Crippen LogP contribution is -2.31. The number of aliphatic hydroxyl groups is 1. The molecule has 33 heavy (non-hydrogen) atoms. The molecule has 2 aromatic heterocycles. The fourth-order valence-electron chi connectivity index (χ4n) is 3.84. The zero-order chi connectivity index (χ0) is 23.3. The first-order valence-electron chi connectivity index (χ1n) is 9.96. The molecule has 2 aromatic carbocycles. The third-order valence-electron chi connectivity index (χ3n) is 5.41. The lowest BCUT2D eigenvalue weighted by atomic mass is 9.95.